The van der Waals surface area contributed by atoms with Crippen LogP contribution in [0.4, 0.5) is 18.9 Å². The van der Waals surface area contributed by atoms with Gasteiger partial charge in [-0.1, -0.05) is 29.8 Å². The molecule has 1 fully saturated rings. The van der Waals surface area contributed by atoms with Crippen LogP contribution in [-0.4, -0.2) is 17.3 Å². The van der Waals surface area contributed by atoms with Crippen molar-refractivity contribution >= 4 is 34.9 Å². The van der Waals surface area contributed by atoms with E-state index in [-0.39, 0.29) is 12.0 Å². The summed E-state index contributed by atoms with van der Waals surface area (Å²) in [5, 5.41) is 3.77. The Balaban J connectivity index is 1.67. The Hall–Kier alpha value is -1.66. The van der Waals surface area contributed by atoms with Crippen molar-refractivity contribution < 1.29 is 13.2 Å². The van der Waals surface area contributed by atoms with Crippen molar-refractivity contribution in [2.24, 2.45) is 10.4 Å². The summed E-state index contributed by atoms with van der Waals surface area (Å²) in [5.74, 6) is 3.00. The topological polar surface area (TPSA) is 24.4 Å². The third kappa shape index (κ3) is 3.90. The molecule has 2 heterocycles. The molecule has 7 heteroatoms. The second-order valence-electron chi connectivity index (χ2n) is 7.32. The molecule has 2 aliphatic rings. The quantitative estimate of drug-likeness (QED) is 0.600. The molecule has 0 bridgehead atoms. The number of nitrogens with zero attached hydrogens (tertiary/aromatic N) is 1. The maximum atomic E-state index is 13.1. The number of hydrogen-bond donors (Lipinski definition) is 1. The predicted octanol–water partition coefficient (Wildman–Crippen LogP) is 6.44. The first-order chi connectivity index (χ1) is 13.4. The average Bonchev–Trinajstić information content (AvgIpc) is 2.67. The second-order valence-corrected chi connectivity index (χ2v) is 8.95. The van der Waals surface area contributed by atoms with E-state index in [0.29, 0.717) is 10.6 Å². The lowest BCUT2D eigenvalue weighted by atomic mass is 9.73. The molecule has 0 aliphatic carbocycles. The van der Waals surface area contributed by atoms with Crippen LogP contribution in [0, 0.1) is 5.41 Å². The number of amidine groups is 1. The highest BCUT2D eigenvalue weighted by molar-refractivity contribution is 7.99. The third-order valence-electron chi connectivity index (χ3n) is 5.53. The van der Waals surface area contributed by atoms with Gasteiger partial charge in [0.25, 0.3) is 0 Å². The van der Waals surface area contributed by atoms with Gasteiger partial charge in [0, 0.05) is 16.1 Å². The Kier molecular flexibility index (Phi) is 5.36. The first-order valence-electron chi connectivity index (χ1n) is 9.21. The fraction of sp³-hybridized carbons (Fsp3) is 0.381. The average molecular weight is 425 g/mol. The molecular weight excluding hydrogens is 405 g/mol. The fourth-order valence-electron chi connectivity index (χ4n) is 3.92. The van der Waals surface area contributed by atoms with Crippen molar-refractivity contribution in [2.75, 3.05) is 16.8 Å². The van der Waals surface area contributed by atoms with Gasteiger partial charge in [-0.05, 0) is 66.2 Å². The van der Waals surface area contributed by atoms with Crippen LogP contribution in [0.2, 0.25) is 5.02 Å². The van der Waals surface area contributed by atoms with E-state index in [4.69, 9.17) is 16.6 Å². The Morgan fingerprint density at radius 3 is 2.61 bits per heavy atom. The molecule has 0 amide bonds. The first-order valence-corrected chi connectivity index (χ1v) is 10.7. The van der Waals surface area contributed by atoms with Crippen molar-refractivity contribution in [1.82, 2.24) is 0 Å². The van der Waals surface area contributed by atoms with Gasteiger partial charge in [0.2, 0.25) is 0 Å². The number of nitrogens with one attached hydrogen (secondary N) is 1. The van der Waals surface area contributed by atoms with Crippen LogP contribution in [0.3, 0.4) is 0 Å². The van der Waals surface area contributed by atoms with E-state index < -0.39 is 11.7 Å². The minimum absolute atomic E-state index is 0.0757. The number of anilines is 1. The highest BCUT2D eigenvalue weighted by atomic mass is 35.5. The monoisotopic (exact) mass is 424 g/mol. The Bertz CT molecular complexity index is 905. The smallest absolute Gasteiger partial charge is 0.343 e. The number of halogens is 4. The molecule has 1 N–H and O–H groups in total. The van der Waals surface area contributed by atoms with Crippen LogP contribution in [-0.2, 0) is 19.1 Å². The van der Waals surface area contributed by atoms with Gasteiger partial charge in [0.15, 0.2) is 0 Å². The molecule has 2 aromatic carbocycles. The summed E-state index contributed by atoms with van der Waals surface area (Å²) < 4.78 is 39.2. The van der Waals surface area contributed by atoms with E-state index in [2.05, 4.69) is 11.4 Å². The van der Waals surface area contributed by atoms with Crippen LogP contribution >= 0.6 is 23.4 Å². The highest BCUT2D eigenvalue weighted by Gasteiger charge is 2.41. The van der Waals surface area contributed by atoms with Gasteiger partial charge in [0.05, 0.1) is 12.1 Å². The lowest BCUT2D eigenvalue weighted by Crippen LogP contribution is -2.44. The maximum absolute atomic E-state index is 13.1. The highest BCUT2D eigenvalue weighted by Crippen LogP contribution is 2.44. The van der Waals surface area contributed by atoms with Gasteiger partial charge >= 0.3 is 6.18 Å². The van der Waals surface area contributed by atoms with Crippen molar-refractivity contribution in [1.29, 1.82) is 0 Å². The summed E-state index contributed by atoms with van der Waals surface area (Å²) in [6, 6.07) is 11.6. The normalized spacial score (nSPS) is 20.1. The Labute approximate surface area is 171 Å². The van der Waals surface area contributed by atoms with Gasteiger partial charge in [-0.2, -0.15) is 24.9 Å². The molecule has 0 atom stereocenters. The molecule has 28 heavy (non-hydrogen) atoms. The fourth-order valence-corrected chi connectivity index (χ4v) is 5.38. The number of aliphatic imine (C=N–C) groups is 1. The minimum Gasteiger partial charge on any atom is -0.343 e. The number of rotatable bonds is 2. The van der Waals surface area contributed by atoms with Crippen molar-refractivity contribution in [3.63, 3.8) is 0 Å². The van der Waals surface area contributed by atoms with E-state index in [1.807, 2.05) is 30.0 Å². The van der Waals surface area contributed by atoms with E-state index in [1.54, 1.807) is 0 Å². The summed E-state index contributed by atoms with van der Waals surface area (Å²) in [5.41, 5.74) is 1.92. The lowest BCUT2D eigenvalue weighted by Gasteiger charge is -2.42. The molecule has 0 radical (unpaired) electrons. The maximum Gasteiger partial charge on any atom is 0.416 e. The lowest BCUT2D eigenvalue weighted by molar-refractivity contribution is -0.137. The van der Waals surface area contributed by atoms with Crippen LogP contribution in [0.1, 0.15) is 29.5 Å². The summed E-state index contributed by atoms with van der Waals surface area (Å²) in [6.07, 6.45) is -1.47. The third-order valence-corrected chi connectivity index (χ3v) is 6.89. The zero-order chi connectivity index (χ0) is 19.8. The van der Waals surface area contributed by atoms with Gasteiger partial charge in [-0.25, -0.2) is 0 Å². The van der Waals surface area contributed by atoms with E-state index in [9.17, 15) is 13.2 Å². The standard InChI is InChI=1S/C21H20ClF3N2S/c22-17-6-5-16(21(23,24)25)11-15(17)13-26-19-20(7-9-28-10-8-20)12-14-3-1-2-4-18(14)27-19/h1-6,11H,7-10,12-13H2,(H,26,27). The number of benzene rings is 2. The summed E-state index contributed by atoms with van der Waals surface area (Å²) >= 11 is 8.10. The second kappa shape index (κ2) is 7.64. The molecule has 1 saturated heterocycles. The van der Waals surface area contributed by atoms with E-state index in [1.165, 1.54) is 11.6 Å². The molecule has 2 aromatic rings. The summed E-state index contributed by atoms with van der Waals surface area (Å²) in [7, 11) is 0. The van der Waals surface area contributed by atoms with Gasteiger partial charge in [-0.3, -0.25) is 4.99 Å². The van der Waals surface area contributed by atoms with Gasteiger partial charge < -0.3 is 5.32 Å². The molecule has 1 spiro atoms. The zero-order valence-electron chi connectivity index (χ0n) is 15.2. The van der Waals surface area contributed by atoms with E-state index >= 15 is 0 Å². The molecular formula is C21H20ClF3N2S. The number of para-hydroxylation sites is 1. The SMILES string of the molecule is FC(F)(F)c1ccc(Cl)c(CN=C2Nc3ccccc3CC23CCSCC3)c1. The molecule has 0 aromatic heterocycles. The molecule has 0 saturated carbocycles. The van der Waals surface area contributed by atoms with Crippen LogP contribution in [0.15, 0.2) is 47.5 Å². The Morgan fingerprint density at radius 2 is 1.86 bits per heavy atom. The summed E-state index contributed by atoms with van der Waals surface area (Å²) in [6.45, 7) is 0.127. The van der Waals surface area contributed by atoms with E-state index in [0.717, 1.165) is 54.4 Å². The molecule has 4 rings (SSSR count). The molecule has 0 unspecified atom stereocenters. The van der Waals surface area contributed by atoms with Crippen LogP contribution in [0.5, 0.6) is 0 Å². The number of thioether (sulfide) groups is 1. The van der Waals surface area contributed by atoms with Gasteiger partial charge in [0.1, 0.15) is 5.84 Å². The van der Waals surface area contributed by atoms with Gasteiger partial charge in [-0.15, -0.1) is 0 Å². The summed E-state index contributed by atoms with van der Waals surface area (Å²) in [4.78, 5) is 4.76. The Morgan fingerprint density at radius 1 is 1.11 bits per heavy atom. The van der Waals surface area contributed by atoms with Crippen molar-refractivity contribution in [2.45, 2.75) is 32.0 Å². The zero-order valence-corrected chi connectivity index (χ0v) is 16.7. The van der Waals surface area contributed by atoms with Crippen LogP contribution in [0.25, 0.3) is 0 Å². The molecule has 148 valence electrons. The number of alkyl halides is 3. The first kappa shape index (κ1) is 19.6. The minimum atomic E-state index is -4.39. The largest absolute Gasteiger partial charge is 0.416 e. The molecule has 2 nitrogen and oxygen atoms in total. The molecule has 2 aliphatic heterocycles. The van der Waals surface area contributed by atoms with Crippen molar-refractivity contribution in [3.8, 4) is 0 Å². The van der Waals surface area contributed by atoms with Crippen molar-refractivity contribution in [3.05, 3.63) is 64.2 Å². The van der Waals surface area contributed by atoms with Crippen LogP contribution < -0.4 is 5.32 Å². The predicted molar refractivity (Wildman–Crippen MR) is 110 cm³/mol. The number of hydrogen-bond acceptors (Lipinski definition) is 2. The number of fused-ring (bicyclic) bond motifs is 1.